The molecule has 108 valence electrons. The largest absolute Gasteiger partial charge is 0.383 e. The summed E-state index contributed by atoms with van der Waals surface area (Å²) < 4.78 is 22.9. The molecular weight excluding hydrogens is 262 g/mol. The zero-order valence-electron chi connectivity index (χ0n) is 11.6. The molecule has 5 nitrogen and oxygen atoms in total. The fourth-order valence-electron chi connectivity index (χ4n) is 1.95. The number of rotatable bonds is 8. The summed E-state index contributed by atoms with van der Waals surface area (Å²) in [6, 6.07) is 6.71. The number of nitrogens with zero attached hydrogens (tertiary/aromatic N) is 1. The molecule has 19 heavy (non-hydrogen) atoms. The number of nitrogens with two attached hydrogens (primary N) is 1. The van der Waals surface area contributed by atoms with Gasteiger partial charge in [0.15, 0.2) is 0 Å². The molecule has 0 bridgehead atoms. The third kappa shape index (κ3) is 5.18. The van der Waals surface area contributed by atoms with E-state index < -0.39 is 10.0 Å². The van der Waals surface area contributed by atoms with Crippen LogP contribution >= 0.6 is 0 Å². The Bertz CT molecular complexity index is 488. The molecule has 0 fully saturated rings. The van der Waals surface area contributed by atoms with Gasteiger partial charge in [-0.3, -0.25) is 0 Å². The average Bonchev–Trinajstić information content (AvgIpc) is 2.37. The van der Waals surface area contributed by atoms with E-state index >= 15 is 0 Å². The Morgan fingerprint density at radius 1 is 1.21 bits per heavy atom. The lowest BCUT2D eigenvalue weighted by Gasteiger charge is -2.20. The standard InChI is InChI=1S/C13H23N3O2S/c1-3-10-16(4-2)11-9-15-12-7-5-6-8-13(12)19(14,17)18/h5-8,15H,3-4,9-11H2,1-2H3,(H2,14,17,18). The molecule has 1 aromatic carbocycles. The van der Waals surface area contributed by atoms with Crippen LogP contribution in [-0.2, 0) is 10.0 Å². The number of para-hydroxylation sites is 1. The van der Waals surface area contributed by atoms with Gasteiger partial charge in [0.25, 0.3) is 0 Å². The summed E-state index contributed by atoms with van der Waals surface area (Å²) in [5, 5.41) is 8.33. The Morgan fingerprint density at radius 3 is 2.47 bits per heavy atom. The van der Waals surface area contributed by atoms with Crippen molar-refractivity contribution in [1.29, 1.82) is 0 Å². The van der Waals surface area contributed by atoms with Crippen LogP contribution in [0.3, 0.4) is 0 Å². The molecule has 0 aromatic heterocycles. The van der Waals surface area contributed by atoms with Crippen LogP contribution in [0.2, 0.25) is 0 Å². The highest BCUT2D eigenvalue weighted by molar-refractivity contribution is 7.89. The summed E-state index contributed by atoms with van der Waals surface area (Å²) in [4.78, 5) is 2.46. The third-order valence-corrected chi connectivity index (χ3v) is 3.89. The number of sulfonamides is 1. The minimum absolute atomic E-state index is 0.147. The van der Waals surface area contributed by atoms with Gasteiger partial charge in [0.05, 0.1) is 5.69 Å². The van der Waals surface area contributed by atoms with Crippen LogP contribution in [0.1, 0.15) is 20.3 Å². The SMILES string of the molecule is CCCN(CC)CCNc1ccccc1S(N)(=O)=O. The van der Waals surface area contributed by atoms with Gasteiger partial charge in [0, 0.05) is 13.1 Å². The second kappa shape index (κ2) is 7.47. The van der Waals surface area contributed by atoms with Crippen LogP contribution in [0.25, 0.3) is 0 Å². The van der Waals surface area contributed by atoms with Crippen molar-refractivity contribution in [2.24, 2.45) is 5.14 Å². The number of hydrogen-bond acceptors (Lipinski definition) is 4. The molecule has 0 aliphatic heterocycles. The van der Waals surface area contributed by atoms with Crippen molar-refractivity contribution in [3.63, 3.8) is 0 Å². The monoisotopic (exact) mass is 285 g/mol. The molecule has 0 heterocycles. The average molecular weight is 285 g/mol. The van der Waals surface area contributed by atoms with Gasteiger partial charge < -0.3 is 10.2 Å². The molecule has 0 aliphatic rings. The van der Waals surface area contributed by atoms with E-state index in [1.54, 1.807) is 18.2 Å². The number of nitrogens with one attached hydrogen (secondary N) is 1. The van der Waals surface area contributed by atoms with Gasteiger partial charge in [-0.25, -0.2) is 13.6 Å². The number of likely N-dealkylation sites (N-methyl/N-ethyl adjacent to an activating group) is 1. The van der Waals surface area contributed by atoms with E-state index in [-0.39, 0.29) is 4.90 Å². The molecule has 0 amide bonds. The summed E-state index contributed by atoms with van der Waals surface area (Å²) >= 11 is 0. The molecule has 0 saturated carbocycles. The molecule has 6 heteroatoms. The minimum atomic E-state index is -3.68. The first-order valence-corrected chi connectivity index (χ1v) is 8.11. The number of benzene rings is 1. The highest BCUT2D eigenvalue weighted by Crippen LogP contribution is 2.18. The number of hydrogen-bond donors (Lipinski definition) is 2. The summed E-state index contributed by atoms with van der Waals surface area (Å²) in [6.45, 7) is 7.88. The van der Waals surface area contributed by atoms with E-state index in [0.717, 1.165) is 26.1 Å². The highest BCUT2D eigenvalue weighted by atomic mass is 32.2. The zero-order chi connectivity index (χ0) is 14.3. The van der Waals surface area contributed by atoms with E-state index in [9.17, 15) is 8.42 Å². The van der Waals surface area contributed by atoms with Crippen molar-refractivity contribution in [1.82, 2.24) is 4.90 Å². The zero-order valence-corrected chi connectivity index (χ0v) is 12.4. The maximum absolute atomic E-state index is 11.4. The lowest BCUT2D eigenvalue weighted by Crippen LogP contribution is -2.30. The van der Waals surface area contributed by atoms with Gasteiger partial charge in [-0.2, -0.15) is 0 Å². The fourth-order valence-corrected chi connectivity index (χ4v) is 2.67. The normalized spacial score (nSPS) is 11.8. The van der Waals surface area contributed by atoms with Crippen LogP contribution < -0.4 is 10.5 Å². The van der Waals surface area contributed by atoms with Crippen molar-refractivity contribution >= 4 is 15.7 Å². The molecular formula is C13H23N3O2S. The van der Waals surface area contributed by atoms with Gasteiger partial charge in [-0.05, 0) is 31.6 Å². The van der Waals surface area contributed by atoms with Gasteiger partial charge in [-0.1, -0.05) is 26.0 Å². The van der Waals surface area contributed by atoms with E-state index in [2.05, 4.69) is 24.1 Å². The van der Waals surface area contributed by atoms with Gasteiger partial charge in [0.1, 0.15) is 4.90 Å². The minimum Gasteiger partial charge on any atom is -0.383 e. The van der Waals surface area contributed by atoms with E-state index in [1.807, 2.05) is 0 Å². The van der Waals surface area contributed by atoms with Crippen LogP contribution in [-0.4, -0.2) is 39.5 Å². The van der Waals surface area contributed by atoms with Crippen molar-refractivity contribution in [2.75, 3.05) is 31.5 Å². The molecule has 0 spiro atoms. The predicted molar refractivity (Wildman–Crippen MR) is 78.7 cm³/mol. The summed E-state index contributed by atoms with van der Waals surface area (Å²) in [7, 11) is -3.68. The van der Waals surface area contributed by atoms with Crippen LogP contribution in [0.4, 0.5) is 5.69 Å². The first-order chi connectivity index (χ1) is 8.99. The molecule has 0 radical (unpaired) electrons. The Hall–Kier alpha value is -1.11. The molecule has 1 aromatic rings. The number of anilines is 1. The second-order valence-corrected chi connectivity index (χ2v) is 5.93. The quantitative estimate of drug-likeness (QED) is 0.758. The molecule has 0 unspecified atom stereocenters. The second-order valence-electron chi connectivity index (χ2n) is 4.40. The van der Waals surface area contributed by atoms with Crippen molar-refractivity contribution in [3.8, 4) is 0 Å². The van der Waals surface area contributed by atoms with Crippen LogP contribution in [0, 0.1) is 0 Å². The van der Waals surface area contributed by atoms with E-state index in [0.29, 0.717) is 12.2 Å². The maximum Gasteiger partial charge on any atom is 0.240 e. The van der Waals surface area contributed by atoms with Crippen molar-refractivity contribution < 1.29 is 8.42 Å². The van der Waals surface area contributed by atoms with E-state index in [4.69, 9.17) is 5.14 Å². The summed E-state index contributed by atoms with van der Waals surface area (Å²) in [6.07, 6.45) is 1.11. The smallest absolute Gasteiger partial charge is 0.240 e. The van der Waals surface area contributed by atoms with Gasteiger partial charge in [0.2, 0.25) is 10.0 Å². The first kappa shape index (κ1) is 15.9. The lowest BCUT2D eigenvalue weighted by atomic mass is 10.3. The molecule has 3 N–H and O–H groups in total. The van der Waals surface area contributed by atoms with E-state index in [1.165, 1.54) is 6.07 Å². The molecule has 0 atom stereocenters. The van der Waals surface area contributed by atoms with Crippen LogP contribution in [0.15, 0.2) is 29.2 Å². The van der Waals surface area contributed by atoms with Crippen molar-refractivity contribution in [3.05, 3.63) is 24.3 Å². The highest BCUT2D eigenvalue weighted by Gasteiger charge is 2.12. The van der Waals surface area contributed by atoms with Gasteiger partial charge >= 0.3 is 0 Å². The molecule has 0 saturated heterocycles. The summed E-state index contributed by atoms with van der Waals surface area (Å²) in [5.41, 5.74) is 0.567. The third-order valence-electron chi connectivity index (χ3n) is 2.92. The molecule has 0 aliphatic carbocycles. The Kier molecular flexibility index (Phi) is 6.27. The fraction of sp³-hybridized carbons (Fsp3) is 0.538. The van der Waals surface area contributed by atoms with Crippen molar-refractivity contribution in [2.45, 2.75) is 25.2 Å². The number of primary sulfonamides is 1. The van der Waals surface area contributed by atoms with Crippen LogP contribution in [0.5, 0.6) is 0 Å². The predicted octanol–water partition coefficient (Wildman–Crippen LogP) is 1.48. The maximum atomic E-state index is 11.4. The Morgan fingerprint density at radius 2 is 1.89 bits per heavy atom. The van der Waals surface area contributed by atoms with Gasteiger partial charge in [-0.15, -0.1) is 0 Å². The topological polar surface area (TPSA) is 75.4 Å². The summed E-state index contributed by atoms with van der Waals surface area (Å²) in [5.74, 6) is 0. The first-order valence-electron chi connectivity index (χ1n) is 6.57. The lowest BCUT2D eigenvalue weighted by molar-refractivity contribution is 0.300. The Labute approximate surface area is 115 Å². The molecule has 1 rings (SSSR count). The Balaban J connectivity index is 2.63.